The minimum Gasteiger partial charge on any atom is -0.384 e. The first-order valence-corrected chi connectivity index (χ1v) is 6.43. The zero-order valence-electron chi connectivity index (χ0n) is 11.0. The molecule has 3 rings (SSSR count). The predicted octanol–water partition coefficient (Wildman–Crippen LogP) is 3.76. The summed E-state index contributed by atoms with van der Waals surface area (Å²) in [4.78, 5) is 4.07. The van der Waals surface area contributed by atoms with Crippen molar-refractivity contribution in [3.05, 3.63) is 77.4 Å². The maximum absolute atomic E-state index is 13.6. The van der Waals surface area contributed by atoms with Gasteiger partial charge in [0.15, 0.2) is 0 Å². The van der Waals surface area contributed by atoms with E-state index < -0.39 is 6.10 Å². The van der Waals surface area contributed by atoms with Crippen LogP contribution in [0.5, 0.6) is 0 Å². The third-order valence-electron chi connectivity index (χ3n) is 3.52. The van der Waals surface area contributed by atoms with E-state index in [2.05, 4.69) is 4.98 Å². The highest BCUT2D eigenvalue weighted by Crippen LogP contribution is 2.29. The molecule has 2 nitrogen and oxygen atoms in total. The number of aromatic nitrogens is 1. The second-order valence-electron chi connectivity index (χ2n) is 4.86. The van der Waals surface area contributed by atoms with Crippen LogP contribution in [0.1, 0.15) is 22.8 Å². The van der Waals surface area contributed by atoms with E-state index in [0.29, 0.717) is 11.1 Å². The van der Waals surface area contributed by atoms with Crippen molar-refractivity contribution in [2.45, 2.75) is 13.0 Å². The highest BCUT2D eigenvalue weighted by molar-refractivity contribution is 5.85. The number of benzene rings is 2. The fourth-order valence-corrected chi connectivity index (χ4v) is 2.34. The van der Waals surface area contributed by atoms with E-state index in [-0.39, 0.29) is 5.82 Å². The number of pyridine rings is 1. The third-order valence-corrected chi connectivity index (χ3v) is 3.52. The quantitative estimate of drug-likeness (QED) is 0.766. The van der Waals surface area contributed by atoms with Crippen molar-refractivity contribution in [2.75, 3.05) is 0 Å². The predicted molar refractivity (Wildman–Crippen MR) is 76.9 cm³/mol. The van der Waals surface area contributed by atoms with Crippen molar-refractivity contribution in [3.63, 3.8) is 0 Å². The van der Waals surface area contributed by atoms with Gasteiger partial charge < -0.3 is 5.11 Å². The van der Waals surface area contributed by atoms with Crippen LogP contribution in [0, 0.1) is 12.7 Å². The van der Waals surface area contributed by atoms with E-state index >= 15 is 0 Å². The van der Waals surface area contributed by atoms with Gasteiger partial charge in [0, 0.05) is 17.8 Å². The molecule has 1 heterocycles. The van der Waals surface area contributed by atoms with Crippen molar-refractivity contribution in [1.29, 1.82) is 0 Å². The molecule has 1 N–H and O–H groups in total. The summed E-state index contributed by atoms with van der Waals surface area (Å²) in [5, 5.41) is 12.4. The molecule has 0 aliphatic rings. The molecule has 2 aromatic carbocycles. The fourth-order valence-electron chi connectivity index (χ4n) is 2.34. The summed E-state index contributed by atoms with van der Waals surface area (Å²) in [7, 11) is 0. The van der Waals surface area contributed by atoms with Crippen LogP contribution in [0.2, 0.25) is 0 Å². The fraction of sp³-hybridized carbons (Fsp3) is 0.118. The van der Waals surface area contributed by atoms with Crippen LogP contribution < -0.4 is 0 Å². The number of aliphatic hydroxyl groups is 1. The van der Waals surface area contributed by atoms with E-state index in [9.17, 15) is 9.50 Å². The topological polar surface area (TPSA) is 33.1 Å². The highest BCUT2D eigenvalue weighted by atomic mass is 19.1. The Morgan fingerprint density at radius 2 is 2.00 bits per heavy atom. The summed E-state index contributed by atoms with van der Waals surface area (Å²) in [5.41, 5.74) is 1.88. The van der Waals surface area contributed by atoms with Gasteiger partial charge in [0.2, 0.25) is 0 Å². The van der Waals surface area contributed by atoms with Crippen molar-refractivity contribution < 1.29 is 9.50 Å². The lowest BCUT2D eigenvalue weighted by atomic mass is 9.96. The summed E-state index contributed by atoms with van der Waals surface area (Å²) in [6.45, 7) is 1.70. The Balaban J connectivity index is 2.12. The van der Waals surface area contributed by atoms with Crippen molar-refractivity contribution in [3.8, 4) is 0 Å². The molecule has 0 bridgehead atoms. The average Bonchev–Trinajstić information content (AvgIpc) is 2.49. The lowest BCUT2D eigenvalue weighted by Gasteiger charge is -2.14. The minimum atomic E-state index is -0.851. The van der Waals surface area contributed by atoms with Crippen molar-refractivity contribution >= 4 is 10.8 Å². The zero-order valence-corrected chi connectivity index (χ0v) is 11.0. The number of halogens is 1. The first-order valence-electron chi connectivity index (χ1n) is 6.43. The number of hydrogen-bond donors (Lipinski definition) is 1. The molecule has 0 amide bonds. The van der Waals surface area contributed by atoms with E-state index in [1.54, 1.807) is 31.5 Å². The van der Waals surface area contributed by atoms with E-state index in [4.69, 9.17) is 0 Å². The summed E-state index contributed by atoms with van der Waals surface area (Å²) < 4.78 is 13.6. The maximum atomic E-state index is 13.6. The highest BCUT2D eigenvalue weighted by Gasteiger charge is 2.14. The Hall–Kier alpha value is -2.26. The Morgan fingerprint density at radius 1 is 1.15 bits per heavy atom. The van der Waals surface area contributed by atoms with Crippen LogP contribution in [0.25, 0.3) is 10.8 Å². The molecule has 0 aliphatic heterocycles. The second-order valence-corrected chi connectivity index (χ2v) is 4.86. The molecule has 0 fully saturated rings. The molecule has 1 atom stereocenters. The molecule has 1 unspecified atom stereocenters. The van der Waals surface area contributed by atoms with Crippen LogP contribution in [-0.2, 0) is 0 Å². The SMILES string of the molecule is Cc1ccc(C(O)c2cccc3cnccc23)cc1F. The number of fused-ring (bicyclic) bond motifs is 1. The molecule has 3 heteroatoms. The smallest absolute Gasteiger partial charge is 0.126 e. The van der Waals surface area contributed by atoms with Gasteiger partial charge in [-0.25, -0.2) is 4.39 Å². The van der Waals surface area contributed by atoms with Gasteiger partial charge in [-0.3, -0.25) is 4.98 Å². The van der Waals surface area contributed by atoms with Gasteiger partial charge in [-0.05, 0) is 41.1 Å². The van der Waals surface area contributed by atoms with E-state index in [0.717, 1.165) is 16.3 Å². The van der Waals surface area contributed by atoms with Crippen molar-refractivity contribution in [1.82, 2.24) is 4.98 Å². The molecule has 100 valence electrons. The summed E-state index contributed by atoms with van der Waals surface area (Å²) in [6, 6.07) is 12.3. The Bertz CT molecular complexity index is 765. The molecule has 20 heavy (non-hydrogen) atoms. The average molecular weight is 267 g/mol. The Kier molecular flexibility index (Phi) is 3.20. The second kappa shape index (κ2) is 5.02. The van der Waals surface area contributed by atoms with Crippen LogP contribution in [0.4, 0.5) is 4.39 Å². The van der Waals surface area contributed by atoms with Crippen LogP contribution in [-0.4, -0.2) is 10.1 Å². The first-order chi connectivity index (χ1) is 9.66. The third kappa shape index (κ3) is 2.17. The van der Waals surface area contributed by atoms with E-state index in [1.165, 1.54) is 6.07 Å². The number of aryl methyl sites for hydroxylation is 1. The molecular formula is C17H14FNO. The number of hydrogen-bond acceptors (Lipinski definition) is 2. The summed E-state index contributed by atoms with van der Waals surface area (Å²) >= 11 is 0. The lowest BCUT2D eigenvalue weighted by molar-refractivity contribution is 0.221. The molecule has 3 aromatic rings. The Labute approximate surface area is 116 Å². The van der Waals surface area contributed by atoms with E-state index in [1.807, 2.05) is 24.3 Å². The number of nitrogens with zero attached hydrogens (tertiary/aromatic N) is 1. The molecule has 0 radical (unpaired) electrons. The maximum Gasteiger partial charge on any atom is 0.126 e. The number of rotatable bonds is 2. The minimum absolute atomic E-state index is 0.302. The zero-order chi connectivity index (χ0) is 14.1. The number of aliphatic hydroxyl groups excluding tert-OH is 1. The summed E-state index contributed by atoms with van der Waals surface area (Å²) in [6.07, 6.45) is 2.59. The lowest BCUT2D eigenvalue weighted by Crippen LogP contribution is -2.01. The molecule has 0 spiro atoms. The normalized spacial score (nSPS) is 12.6. The van der Waals surface area contributed by atoms with Gasteiger partial charge in [0.05, 0.1) is 0 Å². The largest absolute Gasteiger partial charge is 0.384 e. The molecule has 1 aromatic heterocycles. The molecule has 0 saturated carbocycles. The van der Waals surface area contributed by atoms with Gasteiger partial charge in [-0.1, -0.05) is 30.3 Å². The Morgan fingerprint density at radius 3 is 2.80 bits per heavy atom. The molecule has 0 saturated heterocycles. The van der Waals surface area contributed by atoms with Crippen molar-refractivity contribution in [2.24, 2.45) is 0 Å². The van der Waals surface area contributed by atoms with Crippen LogP contribution >= 0.6 is 0 Å². The standard InChI is InChI=1S/C17H14FNO/c1-11-5-6-12(9-16(11)18)17(20)15-4-2-3-13-10-19-8-7-14(13)15/h2-10,17,20H,1H3. The molecule has 0 aliphatic carbocycles. The summed E-state index contributed by atoms with van der Waals surface area (Å²) in [5.74, 6) is -0.302. The van der Waals surface area contributed by atoms with Gasteiger partial charge in [-0.15, -0.1) is 0 Å². The van der Waals surface area contributed by atoms with Crippen LogP contribution in [0.15, 0.2) is 54.9 Å². The molecular weight excluding hydrogens is 253 g/mol. The van der Waals surface area contributed by atoms with Gasteiger partial charge in [0.25, 0.3) is 0 Å². The van der Waals surface area contributed by atoms with Crippen LogP contribution in [0.3, 0.4) is 0 Å². The van der Waals surface area contributed by atoms with Gasteiger partial charge in [0.1, 0.15) is 11.9 Å². The first kappa shape index (κ1) is 12.8. The van der Waals surface area contributed by atoms with Gasteiger partial charge in [-0.2, -0.15) is 0 Å². The van der Waals surface area contributed by atoms with Gasteiger partial charge >= 0.3 is 0 Å². The monoisotopic (exact) mass is 267 g/mol.